The Labute approximate surface area is 129 Å². The zero-order chi connectivity index (χ0) is 15.9. The van der Waals surface area contributed by atoms with Crippen molar-refractivity contribution in [1.29, 1.82) is 0 Å². The molecule has 3 N–H and O–H groups in total. The van der Waals surface area contributed by atoms with Crippen molar-refractivity contribution in [1.82, 2.24) is 0 Å². The number of nitrogens with zero attached hydrogens (tertiary/aromatic N) is 1. The second-order valence-corrected chi connectivity index (χ2v) is 4.76. The highest BCUT2D eigenvalue weighted by molar-refractivity contribution is 5.68. The minimum Gasteiger partial charge on any atom is -0.487 e. The van der Waals surface area contributed by atoms with Crippen LogP contribution in [-0.2, 0) is 6.42 Å². The lowest BCUT2D eigenvalue weighted by molar-refractivity contribution is -0.384. The molecule has 0 radical (unpaired) electrons. The van der Waals surface area contributed by atoms with Crippen LogP contribution in [0.2, 0.25) is 0 Å². The molecule has 0 heterocycles. The molecule has 0 aliphatic heterocycles. The minimum atomic E-state index is -0.420. The Hall–Kier alpha value is -2.76. The molecule has 116 valence electrons. The Balaban J connectivity index is 2.07. The molecule has 0 unspecified atom stereocenters. The molecule has 2 rings (SSSR count). The SMILES string of the molecule is CCOc1cccc(NCCc2ccc(N)cc2)c1[N+](=O)[O-]. The van der Waals surface area contributed by atoms with E-state index in [1.54, 1.807) is 25.1 Å². The first-order valence-electron chi connectivity index (χ1n) is 7.10. The lowest BCUT2D eigenvalue weighted by Gasteiger charge is -2.10. The lowest BCUT2D eigenvalue weighted by Crippen LogP contribution is -2.08. The summed E-state index contributed by atoms with van der Waals surface area (Å²) in [6.45, 7) is 2.76. The Morgan fingerprint density at radius 2 is 1.95 bits per heavy atom. The van der Waals surface area contributed by atoms with E-state index in [-0.39, 0.29) is 11.4 Å². The van der Waals surface area contributed by atoms with Gasteiger partial charge >= 0.3 is 5.69 Å². The fraction of sp³-hybridized carbons (Fsp3) is 0.250. The highest BCUT2D eigenvalue weighted by Gasteiger charge is 2.20. The maximum absolute atomic E-state index is 11.3. The molecule has 0 aliphatic rings. The van der Waals surface area contributed by atoms with Gasteiger partial charge in [0.1, 0.15) is 5.69 Å². The van der Waals surface area contributed by atoms with Gasteiger partial charge < -0.3 is 15.8 Å². The maximum atomic E-state index is 11.3. The van der Waals surface area contributed by atoms with Crippen LogP contribution < -0.4 is 15.8 Å². The summed E-state index contributed by atoms with van der Waals surface area (Å²) in [5.41, 5.74) is 7.91. The van der Waals surface area contributed by atoms with Crippen molar-refractivity contribution in [2.45, 2.75) is 13.3 Å². The summed E-state index contributed by atoms with van der Waals surface area (Å²) >= 11 is 0. The summed E-state index contributed by atoms with van der Waals surface area (Å²) in [4.78, 5) is 10.8. The molecule has 0 fully saturated rings. The number of hydrogen-bond donors (Lipinski definition) is 2. The van der Waals surface area contributed by atoms with Crippen LogP contribution >= 0.6 is 0 Å². The zero-order valence-electron chi connectivity index (χ0n) is 12.4. The zero-order valence-corrected chi connectivity index (χ0v) is 12.4. The molecule has 2 aromatic carbocycles. The largest absolute Gasteiger partial charge is 0.487 e. The van der Waals surface area contributed by atoms with Crippen molar-refractivity contribution in [2.24, 2.45) is 0 Å². The third-order valence-electron chi connectivity index (χ3n) is 3.19. The van der Waals surface area contributed by atoms with Crippen molar-refractivity contribution in [2.75, 3.05) is 24.2 Å². The number of nitrogens with one attached hydrogen (secondary N) is 1. The van der Waals surface area contributed by atoms with Crippen LogP contribution in [-0.4, -0.2) is 18.1 Å². The van der Waals surface area contributed by atoms with Crippen LogP contribution in [0.1, 0.15) is 12.5 Å². The van der Waals surface area contributed by atoms with Crippen LogP contribution in [0, 0.1) is 10.1 Å². The van der Waals surface area contributed by atoms with Crippen LogP contribution in [0.25, 0.3) is 0 Å². The Kier molecular flexibility index (Phi) is 5.19. The molecule has 22 heavy (non-hydrogen) atoms. The average molecular weight is 301 g/mol. The Bertz CT molecular complexity index is 642. The lowest BCUT2D eigenvalue weighted by atomic mass is 10.1. The summed E-state index contributed by atoms with van der Waals surface area (Å²) in [5.74, 6) is 0.282. The highest BCUT2D eigenvalue weighted by atomic mass is 16.6. The van der Waals surface area contributed by atoms with E-state index in [1.165, 1.54) is 0 Å². The summed E-state index contributed by atoms with van der Waals surface area (Å²) < 4.78 is 5.32. The maximum Gasteiger partial charge on any atom is 0.333 e. The molecule has 6 nitrogen and oxygen atoms in total. The standard InChI is InChI=1S/C16H19N3O3/c1-2-22-15-5-3-4-14(16(15)19(20)21)18-11-10-12-6-8-13(17)9-7-12/h3-9,18H,2,10-11,17H2,1H3. The van der Waals surface area contributed by atoms with Gasteiger partial charge in [-0.25, -0.2) is 0 Å². The van der Waals surface area contributed by atoms with Gasteiger partial charge in [-0.2, -0.15) is 0 Å². The number of hydrogen-bond acceptors (Lipinski definition) is 5. The number of ether oxygens (including phenoxy) is 1. The number of nitrogen functional groups attached to an aromatic ring is 1. The van der Waals surface area contributed by atoms with Gasteiger partial charge in [0, 0.05) is 12.2 Å². The first kappa shape index (κ1) is 15.6. The number of nitrogens with two attached hydrogens (primary N) is 1. The van der Waals surface area contributed by atoms with E-state index < -0.39 is 4.92 Å². The molecule has 0 aromatic heterocycles. The van der Waals surface area contributed by atoms with Gasteiger partial charge in [0.2, 0.25) is 0 Å². The number of para-hydroxylation sites is 1. The van der Waals surface area contributed by atoms with E-state index in [2.05, 4.69) is 5.32 Å². The van der Waals surface area contributed by atoms with Gasteiger partial charge in [-0.1, -0.05) is 18.2 Å². The third-order valence-corrected chi connectivity index (χ3v) is 3.19. The number of nitro benzene ring substituents is 1. The van der Waals surface area contributed by atoms with E-state index in [0.717, 1.165) is 17.7 Å². The third kappa shape index (κ3) is 3.88. The van der Waals surface area contributed by atoms with Crippen LogP contribution in [0.5, 0.6) is 5.75 Å². The number of rotatable bonds is 7. The molecule has 0 amide bonds. The van der Waals surface area contributed by atoms with Crippen molar-refractivity contribution in [3.63, 3.8) is 0 Å². The van der Waals surface area contributed by atoms with Crippen molar-refractivity contribution in [3.8, 4) is 5.75 Å². The molecular weight excluding hydrogens is 282 g/mol. The molecule has 0 bridgehead atoms. The second-order valence-electron chi connectivity index (χ2n) is 4.76. The molecule has 6 heteroatoms. The summed E-state index contributed by atoms with van der Waals surface area (Å²) in [6.07, 6.45) is 0.746. The van der Waals surface area contributed by atoms with Gasteiger partial charge in [0.25, 0.3) is 0 Å². The van der Waals surface area contributed by atoms with Gasteiger partial charge in [-0.05, 0) is 43.2 Å². The summed E-state index contributed by atoms with van der Waals surface area (Å²) in [5, 5.41) is 14.4. The van der Waals surface area contributed by atoms with E-state index in [0.29, 0.717) is 18.8 Å². The topological polar surface area (TPSA) is 90.4 Å². The van der Waals surface area contributed by atoms with Crippen LogP contribution in [0.15, 0.2) is 42.5 Å². The molecule has 2 aromatic rings. The van der Waals surface area contributed by atoms with Crippen molar-refractivity contribution in [3.05, 3.63) is 58.1 Å². The second kappa shape index (κ2) is 7.31. The Morgan fingerprint density at radius 3 is 2.59 bits per heavy atom. The quantitative estimate of drug-likeness (QED) is 0.465. The minimum absolute atomic E-state index is 0.0262. The predicted molar refractivity (Wildman–Crippen MR) is 87.3 cm³/mol. The normalized spacial score (nSPS) is 10.2. The van der Waals surface area contributed by atoms with Crippen LogP contribution in [0.4, 0.5) is 17.1 Å². The van der Waals surface area contributed by atoms with Crippen molar-refractivity contribution < 1.29 is 9.66 Å². The first-order chi connectivity index (χ1) is 10.6. The van der Waals surface area contributed by atoms with Gasteiger partial charge in [0.15, 0.2) is 5.75 Å². The van der Waals surface area contributed by atoms with Crippen LogP contribution in [0.3, 0.4) is 0 Å². The molecule has 0 atom stereocenters. The van der Waals surface area contributed by atoms with E-state index in [9.17, 15) is 10.1 Å². The molecule has 0 saturated heterocycles. The average Bonchev–Trinajstić information content (AvgIpc) is 2.49. The summed E-state index contributed by atoms with van der Waals surface area (Å²) in [6, 6.07) is 12.6. The molecule has 0 saturated carbocycles. The summed E-state index contributed by atoms with van der Waals surface area (Å²) in [7, 11) is 0. The fourth-order valence-electron chi connectivity index (χ4n) is 2.15. The number of anilines is 2. The van der Waals surface area contributed by atoms with Gasteiger partial charge in [-0.15, -0.1) is 0 Å². The van der Waals surface area contributed by atoms with Crippen molar-refractivity contribution >= 4 is 17.1 Å². The molecule has 0 aliphatic carbocycles. The highest BCUT2D eigenvalue weighted by Crippen LogP contribution is 2.34. The van der Waals surface area contributed by atoms with E-state index in [1.807, 2.05) is 24.3 Å². The molecule has 0 spiro atoms. The van der Waals surface area contributed by atoms with E-state index >= 15 is 0 Å². The van der Waals surface area contributed by atoms with E-state index in [4.69, 9.17) is 10.5 Å². The fourth-order valence-corrected chi connectivity index (χ4v) is 2.15. The predicted octanol–water partition coefficient (Wildman–Crippen LogP) is 3.23. The van der Waals surface area contributed by atoms with Gasteiger partial charge in [-0.3, -0.25) is 10.1 Å². The smallest absolute Gasteiger partial charge is 0.333 e. The molecular formula is C16H19N3O3. The monoisotopic (exact) mass is 301 g/mol. The number of nitro groups is 1. The number of benzene rings is 2. The van der Waals surface area contributed by atoms with Gasteiger partial charge in [0.05, 0.1) is 11.5 Å². The Morgan fingerprint density at radius 1 is 1.23 bits per heavy atom. The first-order valence-corrected chi connectivity index (χ1v) is 7.10.